The van der Waals surface area contributed by atoms with Gasteiger partial charge in [0.1, 0.15) is 0 Å². The minimum absolute atomic E-state index is 0.0199. The predicted molar refractivity (Wildman–Crippen MR) is 85.0 cm³/mol. The summed E-state index contributed by atoms with van der Waals surface area (Å²) in [7, 11) is 0. The molecule has 23 heavy (non-hydrogen) atoms. The molecule has 1 aromatic rings. The molecule has 1 aliphatic carbocycles. The van der Waals surface area contributed by atoms with Crippen LogP contribution in [0.1, 0.15) is 36.4 Å². The first kappa shape index (κ1) is 15.8. The minimum Gasteiger partial charge on any atom is -0.349 e. The van der Waals surface area contributed by atoms with Gasteiger partial charge in [0, 0.05) is 18.0 Å². The summed E-state index contributed by atoms with van der Waals surface area (Å²) < 4.78 is 0. The van der Waals surface area contributed by atoms with Crippen molar-refractivity contribution < 1.29 is 14.4 Å². The molecule has 1 atom stereocenters. The van der Waals surface area contributed by atoms with Gasteiger partial charge in [-0.3, -0.25) is 14.5 Å². The molecule has 1 heterocycles. The van der Waals surface area contributed by atoms with Crippen LogP contribution in [0, 0.1) is 0 Å². The Labute approximate surface area is 139 Å². The lowest BCUT2D eigenvalue weighted by Crippen LogP contribution is -2.33. The number of aryl methyl sites for hydroxylation is 1. The number of nitrogens with one attached hydrogen (secondary N) is 2. The number of carbonyl (C=O) groups is 3. The molecule has 3 rings (SSSR count). The van der Waals surface area contributed by atoms with Gasteiger partial charge in [-0.05, 0) is 42.5 Å². The lowest BCUT2D eigenvalue weighted by Gasteiger charge is -2.15. The standard InChI is InChI=1S/C16H18ClN3O3/c17-11-4-5-12-10(8-11)3-6-13(12)19-14(21)2-1-7-20-15(22)9-18-16(20)23/h4-5,8,13H,1-3,6-7,9H2,(H,18,23)(H,19,21). The second-order valence-corrected chi connectivity index (χ2v) is 6.25. The topological polar surface area (TPSA) is 78.5 Å². The largest absolute Gasteiger partial charge is 0.349 e. The maximum absolute atomic E-state index is 12.1. The number of hydrogen-bond donors (Lipinski definition) is 2. The van der Waals surface area contributed by atoms with Crippen molar-refractivity contribution in [2.45, 2.75) is 31.7 Å². The van der Waals surface area contributed by atoms with Gasteiger partial charge >= 0.3 is 6.03 Å². The fraction of sp³-hybridized carbons (Fsp3) is 0.438. The van der Waals surface area contributed by atoms with Gasteiger partial charge in [-0.15, -0.1) is 0 Å². The van der Waals surface area contributed by atoms with Crippen LogP contribution in [0.2, 0.25) is 5.02 Å². The van der Waals surface area contributed by atoms with Gasteiger partial charge in [0.05, 0.1) is 12.6 Å². The molecule has 1 aromatic carbocycles. The van der Waals surface area contributed by atoms with Crippen LogP contribution < -0.4 is 10.6 Å². The van der Waals surface area contributed by atoms with E-state index in [1.54, 1.807) is 0 Å². The summed E-state index contributed by atoms with van der Waals surface area (Å²) >= 11 is 5.98. The Morgan fingerprint density at radius 1 is 1.39 bits per heavy atom. The van der Waals surface area contributed by atoms with Gasteiger partial charge in [-0.2, -0.15) is 0 Å². The van der Waals surface area contributed by atoms with Crippen LogP contribution in [0.15, 0.2) is 18.2 Å². The molecule has 1 unspecified atom stereocenters. The van der Waals surface area contributed by atoms with Crippen LogP contribution in [0.3, 0.4) is 0 Å². The van der Waals surface area contributed by atoms with E-state index in [0.717, 1.165) is 23.3 Å². The lowest BCUT2D eigenvalue weighted by atomic mass is 10.1. The summed E-state index contributed by atoms with van der Waals surface area (Å²) in [6.45, 7) is 0.321. The van der Waals surface area contributed by atoms with Crippen molar-refractivity contribution in [2.75, 3.05) is 13.1 Å². The molecule has 0 spiro atoms. The maximum atomic E-state index is 12.1. The summed E-state index contributed by atoms with van der Waals surface area (Å²) in [6.07, 6.45) is 2.53. The number of fused-ring (bicyclic) bond motifs is 1. The first-order valence-electron chi connectivity index (χ1n) is 7.70. The number of amides is 4. The predicted octanol–water partition coefficient (Wildman–Crippen LogP) is 1.78. The van der Waals surface area contributed by atoms with E-state index in [1.807, 2.05) is 18.2 Å². The first-order chi connectivity index (χ1) is 11.0. The van der Waals surface area contributed by atoms with E-state index in [1.165, 1.54) is 5.56 Å². The van der Waals surface area contributed by atoms with Crippen molar-refractivity contribution in [2.24, 2.45) is 0 Å². The number of carbonyl (C=O) groups excluding carboxylic acids is 3. The second-order valence-electron chi connectivity index (χ2n) is 5.81. The van der Waals surface area contributed by atoms with E-state index < -0.39 is 0 Å². The molecule has 1 fully saturated rings. The molecule has 2 N–H and O–H groups in total. The molecule has 122 valence electrons. The number of benzene rings is 1. The van der Waals surface area contributed by atoms with E-state index in [0.29, 0.717) is 11.4 Å². The highest BCUT2D eigenvalue weighted by Gasteiger charge is 2.28. The Bertz CT molecular complexity index is 646. The van der Waals surface area contributed by atoms with Gasteiger partial charge < -0.3 is 10.6 Å². The highest BCUT2D eigenvalue weighted by atomic mass is 35.5. The zero-order valence-corrected chi connectivity index (χ0v) is 13.4. The number of urea groups is 1. The molecule has 0 radical (unpaired) electrons. The number of nitrogens with zero attached hydrogens (tertiary/aromatic N) is 1. The third-order valence-electron chi connectivity index (χ3n) is 4.24. The summed E-state index contributed by atoms with van der Waals surface area (Å²) in [5.74, 6) is -0.304. The number of imide groups is 1. The summed E-state index contributed by atoms with van der Waals surface area (Å²) in [6, 6.07) is 5.38. The molecule has 6 nitrogen and oxygen atoms in total. The van der Waals surface area contributed by atoms with Crippen LogP contribution in [-0.2, 0) is 16.0 Å². The molecule has 1 saturated heterocycles. The summed E-state index contributed by atoms with van der Waals surface area (Å²) in [5.41, 5.74) is 2.30. The van der Waals surface area contributed by atoms with Crippen LogP contribution in [0.5, 0.6) is 0 Å². The van der Waals surface area contributed by atoms with Crippen molar-refractivity contribution >= 4 is 29.4 Å². The zero-order valence-electron chi connectivity index (χ0n) is 12.6. The van der Waals surface area contributed by atoms with Crippen molar-refractivity contribution in [1.29, 1.82) is 0 Å². The average Bonchev–Trinajstić information content (AvgIpc) is 3.04. The SMILES string of the molecule is O=C(CCCN1C(=O)CNC1=O)NC1CCc2cc(Cl)ccc21. The molecular formula is C16H18ClN3O3. The number of halogens is 1. The Balaban J connectivity index is 1.48. The second kappa shape index (κ2) is 6.58. The monoisotopic (exact) mass is 335 g/mol. The highest BCUT2D eigenvalue weighted by Crippen LogP contribution is 2.32. The van der Waals surface area contributed by atoms with E-state index in [4.69, 9.17) is 11.6 Å². The summed E-state index contributed by atoms with van der Waals surface area (Å²) in [4.78, 5) is 36.0. The van der Waals surface area contributed by atoms with Gasteiger partial charge in [0.2, 0.25) is 11.8 Å². The normalized spacial score (nSPS) is 19.7. The molecular weight excluding hydrogens is 318 g/mol. The van der Waals surface area contributed by atoms with Crippen LogP contribution >= 0.6 is 11.6 Å². The van der Waals surface area contributed by atoms with Crippen molar-refractivity contribution in [1.82, 2.24) is 15.5 Å². The number of hydrogen-bond acceptors (Lipinski definition) is 3. The summed E-state index contributed by atoms with van der Waals surface area (Å²) in [5, 5.41) is 6.19. The van der Waals surface area contributed by atoms with E-state index in [2.05, 4.69) is 10.6 Å². The molecule has 4 amide bonds. The van der Waals surface area contributed by atoms with Crippen molar-refractivity contribution in [3.8, 4) is 0 Å². The quantitative estimate of drug-likeness (QED) is 0.805. The third-order valence-corrected chi connectivity index (χ3v) is 4.48. The smallest absolute Gasteiger partial charge is 0.324 e. The molecule has 7 heteroatoms. The fourth-order valence-electron chi connectivity index (χ4n) is 3.08. The number of rotatable bonds is 5. The molecule has 1 aliphatic heterocycles. The Morgan fingerprint density at radius 2 is 2.22 bits per heavy atom. The van der Waals surface area contributed by atoms with E-state index >= 15 is 0 Å². The van der Waals surface area contributed by atoms with E-state index in [-0.39, 0.29) is 43.4 Å². The molecule has 0 aromatic heterocycles. The van der Waals surface area contributed by atoms with Gasteiger partial charge in [0.25, 0.3) is 0 Å². The Morgan fingerprint density at radius 3 is 2.96 bits per heavy atom. The molecule has 0 saturated carbocycles. The van der Waals surface area contributed by atoms with Crippen LogP contribution in [0.4, 0.5) is 4.79 Å². The molecule has 0 bridgehead atoms. The maximum Gasteiger partial charge on any atom is 0.324 e. The van der Waals surface area contributed by atoms with Crippen LogP contribution in [0.25, 0.3) is 0 Å². The fourth-order valence-corrected chi connectivity index (χ4v) is 3.28. The van der Waals surface area contributed by atoms with Gasteiger partial charge in [-0.25, -0.2) is 4.79 Å². The highest BCUT2D eigenvalue weighted by molar-refractivity contribution is 6.30. The first-order valence-corrected chi connectivity index (χ1v) is 8.08. The third kappa shape index (κ3) is 3.47. The minimum atomic E-state index is -0.378. The van der Waals surface area contributed by atoms with Gasteiger partial charge in [-0.1, -0.05) is 17.7 Å². The van der Waals surface area contributed by atoms with Crippen molar-refractivity contribution in [3.63, 3.8) is 0 Å². The van der Waals surface area contributed by atoms with Crippen molar-refractivity contribution in [3.05, 3.63) is 34.3 Å². The zero-order chi connectivity index (χ0) is 16.4. The average molecular weight is 336 g/mol. The lowest BCUT2D eigenvalue weighted by molar-refractivity contribution is -0.126. The van der Waals surface area contributed by atoms with E-state index in [9.17, 15) is 14.4 Å². The van der Waals surface area contributed by atoms with Gasteiger partial charge in [0.15, 0.2) is 0 Å². The molecule has 2 aliphatic rings. The van der Waals surface area contributed by atoms with Crippen LogP contribution in [-0.4, -0.2) is 35.8 Å². The Kier molecular flexibility index (Phi) is 4.52. The Hall–Kier alpha value is -2.08.